The first-order valence-electron chi connectivity index (χ1n) is 7.97. The Morgan fingerprint density at radius 3 is 2.56 bits per heavy atom. The number of rotatable bonds is 3. The third-order valence-electron chi connectivity index (χ3n) is 4.17. The van der Waals surface area contributed by atoms with Crippen LogP contribution >= 0.6 is 39.9 Å². The average Bonchev–Trinajstić information content (AvgIpc) is 2.64. The van der Waals surface area contributed by atoms with Crippen LogP contribution in [0.2, 0.25) is 0 Å². The molecule has 0 bridgehead atoms. The topological polar surface area (TPSA) is 18.5 Å². The first-order valence-corrected chi connectivity index (χ1v) is 10.4. The van der Waals surface area contributed by atoms with Crippen molar-refractivity contribution in [2.75, 3.05) is 42.7 Å². The first-order chi connectivity index (χ1) is 12.1. The van der Waals surface area contributed by atoms with Crippen molar-refractivity contribution in [3.05, 3.63) is 52.8 Å². The standard InChI is InChI=1S/C18H19BrFN3S2/c1-25-17-5-3-2-4-16(17)22-8-10-23(11-9-22)18(24)21-15-7-6-13(20)12-14(15)19/h2-7,12H,8-11H2,1H3,(H,21,24). The van der Waals surface area contributed by atoms with E-state index in [4.69, 9.17) is 12.2 Å². The summed E-state index contributed by atoms with van der Waals surface area (Å²) >= 11 is 10.7. The smallest absolute Gasteiger partial charge is 0.173 e. The molecular weight excluding hydrogens is 421 g/mol. The third kappa shape index (κ3) is 4.46. The van der Waals surface area contributed by atoms with E-state index in [2.05, 4.69) is 61.6 Å². The van der Waals surface area contributed by atoms with Gasteiger partial charge < -0.3 is 15.1 Å². The molecule has 1 heterocycles. The predicted molar refractivity (Wildman–Crippen MR) is 112 cm³/mol. The molecule has 3 rings (SSSR count). The Morgan fingerprint density at radius 1 is 1.16 bits per heavy atom. The molecule has 25 heavy (non-hydrogen) atoms. The van der Waals surface area contributed by atoms with Gasteiger partial charge in [0.15, 0.2) is 5.11 Å². The molecule has 0 unspecified atom stereocenters. The lowest BCUT2D eigenvalue weighted by Gasteiger charge is -2.38. The highest BCUT2D eigenvalue weighted by molar-refractivity contribution is 9.10. The predicted octanol–water partition coefficient (Wildman–Crippen LogP) is 4.83. The van der Waals surface area contributed by atoms with E-state index >= 15 is 0 Å². The number of nitrogens with one attached hydrogen (secondary N) is 1. The number of thiocarbonyl (C=S) groups is 1. The minimum atomic E-state index is -0.274. The number of thioether (sulfide) groups is 1. The van der Waals surface area contributed by atoms with Crippen molar-refractivity contribution in [1.82, 2.24) is 4.90 Å². The van der Waals surface area contributed by atoms with Gasteiger partial charge in [-0.15, -0.1) is 11.8 Å². The molecule has 1 aliphatic heterocycles. The van der Waals surface area contributed by atoms with Crippen LogP contribution in [0.15, 0.2) is 51.8 Å². The quantitative estimate of drug-likeness (QED) is 0.543. The van der Waals surface area contributed by atoms with Crippen LogP contribution in [0, 0.1) is 5.82 Å². The number of anilines is 2. The van der Waals surface area contributed by atoms with Gasteiger partial charge in [-0.05, 0) is 64.7 Å². The van der Waals surface area contributed by atoms with E-state index in [1.165, 1.54) is 22.7 Å². The summed E-state index contributed by atoms with van der Waals surface area (Å²) in [6.07, 6.45) is 2.11. The molecule has 1 N–H and O–H groups in total. The highest BCUT2D eigenvalue weighted by atomic mass is 79.9. The fourth-order valence-electron chi connectivity index (χ4n) is 2.83. The molecule has 3 nitrogen and oxygen atoms in total. The van der Waals surface area contributed by atoms with Crippen LogP contribution in [0.25, 0.3) is 0 Å². The zero-order valence-corrected chi connectivity index (χ0v) is 17.1. The molecule has 0 radical (unpaired) electrons. The summed E-state index contributed by atoms with van der Waals surface area (Å²) < 4.78 is 13.9. The molecular formula is C18H19BrFN3S2. The average molecular weight is 440 g/mol. The van der Waals surface area contributed by atoms with Crippen LogP contribution in [0.1, 0.15) is 0 Å². The molecule has 1 fully saturated rings. The van der Waals surface area contributed by atoms with Gasteiger partial charge in [-0.1, -0.05) is 12.1 Å². The molecule has 1 aliphatic rings. The van der Waals surface area contributed by atoms with Crippen molar-refractivity contribution in [1.29, 1.82) is 0 Å². The van der Waals surface area contributed by atoms with Crippen molar-refractivity contribution in [2.45, 2.75) is 4.90 Å². The van der Waals surface area contributed by atoms with Gasteiger partial charge in [0.05, 0.1) is 11.4 Å². The molecule has 0 spiro atoms. The fourth-order valence-corrected chi connectivity index (χ4v) is 4.19. The molecule has 132 valence electrons. The van der Waals surface area contributed by atoms with Gasteiger partial charge in [0, 0.05) is 35.5 Å². The van der Waals surface area contributed by atoms with Gasteiger partial charge >= 0.3 is 0 Å². The third-order valence-corrected chi connectivity index (χ3v) is 5.97. The SMILES string of the molecule is CSc1ccccc1N1CCN(C(=S)Nc2ccc(F)cc2Br)CC1. The number of piperazine rings is 1. The maximum atomic E-state index is 13.2. The van der Waals surface area contributed by atoms with Gasteiger partial charge in [-0.3, -0.25) is 0 Å². The summed E-state index contributed by atoms with van der Waals surface area (Å²) in [6, 6.07) is 13.0. The number of halogens is 2. The number of hydrogen-bond acceptors (Lipinski definition) is 3. The number of nitrogens with zero attached hydrogens (tertiary/aromatic N) is 2. The molecule has 1 saturated heterocycles. The Morgan fingerprint density at radius 2 is 1.88 bits per heavy atom. The Bertz CT molecular complexity index is 764. The van der Waals surface area contributed by atoms with Gasteiger partial charge in [-0.25, -0.2) is 4.39 Å². The van der Waals surface area contributed by atoms with Crippen molar-refractivity contribution in [3.8, 4) is 0 Å². The molecule has 0 amide bonds. The normalized spacial score (nSPS) is 14.5. The Kier molecular flexibility index (Phi) is 6.19. The molecule has 0 saturated carbocycles. The van der Waals surface area contributed by atoms with E-state index in [0.717, 1.165) is 31.9 Å². The molecule has 0 aliphatic carbocycles. The van der Waals surface area contributed by atoms with Crippen molar-refractivity contribution in [2.24, 2.45) is 0 Å². The van der Waals surface area contributed by atoms with E-state index in [-0.39, 0.29) is 5.82 Å². The monoisotopic (exact) mass is 439 g/mol. The van der Waals surface area contributed by atoms with Crippen molar-refractivity contribution in [3.63, 3.8) is 0 Å². The Balaban J connectivity index is 1.61. The van der Waals surface area contributed by atoms with Gasteiger partial charge in [-0.2, -0.15) is 0 Å². The molecule has 0 atom stereocenters. The second-order valence-electron chi connectivity index (χ2n) is 5.70. The molecule has 2 aromatic carbocycles. The maximum Gasteiger partial charge on any atom is 0.173 e. The number of benzene rings is 2. The van der Waals surface area contributed by atoms with E-state index in [1.807, 2.05) is 0 Å². The summed E-state index contributed by atoms with van der Waals surface area (Å²) in [7, 11) is 0. The first kappa shape index (κ1) is 18.5. The minimum absolute atomic E-state index is 0.274. The Labute approximate surface area is 165 Å². The number of para-hydroxylation sites is 1. The molecule has 7 heteroatoms. The van der Waals surface area contributed by atoms with E-state index in [9.17, 15) is 4.39 Å². The van der Waals surface area contributed by atoms with Crippen molar-refractivity contribution >= 4 is 56.4 Å². The number of hydrogen-bond donors (Lipinski definition) is 1. The Hall–Kier alpha value is -1.31. The lowest BCUT2D eigenvalue weighted by atomic mass is 10.2. The highest BCUT2D eigenvalue weighted by Gasteiger charge is 2.21. The van der Waals surface area contributed by atoms with Crippen LogP contribution in [-0.2, 0) is 0 Å². The van der Waals surface area contributed by atoms with Gasteiger partial charge in [0.25, 0.3) is 0 Å². The second-order valence-corrected chi connectivity index (χ2v) is 7.79. The summed E-state index contributed by atoms with van der Waals surface area (Å²) in [5, 5.41) is 3.88. The molecule has 2 aromatic rings. The van der Waals surface area contributed by atoms with E-state index in [1.54, 1.807) is 17.8 Å². The second kappa shape index (κ2) is 8.38. The van der Waals surface area contributed by atoms with E-state index < -0.39 is 0 Å². The van der Waals surface area contributed by atoms with E-state index in [0.29, 0.717) is 9.59 Å². The maximum absolute atomic E-state index is 13.2. The summed E-state index contributed by atoms with van der Waals surface area (Å²) in [6.45, 7) is 3.55. The highest BCUT2D eigenvalue weighted by Crippen LogP contribution is 2.29. The molecule has 0 aromatic heterocycles. The lowest BCUT2D eigenvalue weighted by Crippen LogP contribution is -2.50. The van der Waals surface area contributed by atoms with Gasteiger partial charge in [0.1, 0.15) is 5.82 Å². The van der Waals surface area contributed by atoms with Crippen LogP contribution in [0.5, 0.6) is 0 Å². The summed E-state index contributed by atoms with van der Waals surface area (Å²) in [5.74, 6) is -0.274. The zero-order chi connectivity index (χ0) is 17.8. The zero-order valence-electron chi connectivity index (χ0n) is 13.8. The van der Waals surface area contributed by atoms with Crippen LogP contribution in [0.3, 0.4) is 0 Å². The fraction of sp³-hybridized carbons (Fsp3) is 0.278. The largest absolute Gasteiger partial charge is 0.367 e. The van der Waals surface area contributed by atoms with Crippen LogP contribution in [-0.4, -0.2) is 42.4 Å². The summed E-state index contributed by atoms with van der Waals surface area (Å²) in [5.41, 5.74) is 2.07. The lowest BCUT2D eigenvalue weighted by molar-refractivity contribution is 0.390. The van der Waals surface area contributed by atoms with Crippen LogP contribution in [0.4, 0.5) is 15.8 Å². The van der Waals surface area contributed by atoms with Crippen LogP contribution < -0.4 is 10.2 Å². The summed E-state index contributed by atoms with van der Waals surface area (Å²) in [4.78, 5) is 5.86. The van der Waals surface area contributed by atoms with Crippen molar-refractivity contribution < 1.29 is 4.39 Å². The minimum Gasteiger partial charge on any atom is -0.367 e. The van der Waals surface area contributed by atoms with Gasteiger partial charge in [0.2, 0.25) is 0 Å².